The number of unbranched alkanes of at least 4 members (excludes halogenated alkanes) is 5. The Kier molecular flexibility index (Phi) is 8.42. The average Bonchev–Trinajstić information content (AvgIpc) is 2.35. The summed E-state index contributed by atoms with van der Waals surface area (Å²) in [6.07, 6.45) is 10.8. The predicted molar refractivity (Wildman–Crippen MR) is 80.9 cm³/mol. The molecule has 0 fully saturated rings. The average molecular weight is 297 g/mol. The molecular weight excluding hydrogens is 272 g/mol. The van der Waals surface area contributed by atoms with Gasteiger partial charge in [0.25, 0.3) is 0 Å². The normalized spacial score (nSPS) is 12.6. The molecular formula is C16H25Br. The first kappa shape index (κ1) is 14.8. The lowest BCUT2D eigenvalue weighted by atomic mass is 10.0. The Hall–Kier alpha value is -0.300. The summed E-state index contributed by atoms with van der Waals surface area (Å²) in [6, 6.07) is 10.8. The SMILES string of the molecule is CCCCCCCCC(Br)Cc1ccccc1. The standard InChI is InChI=1S/C16H25Br/c1-2-3-4-5-6-10-13-16(17)14-15-11-8-7-9-12-15/h7-9,11-12,16H,2-6,10,13-14H2,1H3. The minimum Gasteiger partial charge on any atom is -0.0887 e. The molecule has 0 heterocycles. The van der Waals surface area contributed by atoms with Crippen molar-refractivity contribution in [1.82, 2.24) is 0 Å². The highest BCUT2D eigenvalue weighted by Gasteiger charge is 2.04. The summed E-state index contributed by atoms with van der Waals surface area (Å²) in [6.45, 7) is 2.27. The van der Waals surface area contributed by atoms with Gasteiger partial charge in [-0.3, -0.25) is 0 Å². The first-order valence-corrected chi connectivity index (χ1v) is 7.92. The summed E-state index contributed by atoms with van der Waals surface area (Å²) in [5, 5.41) is 0. The highest BCUT2D eigenvalue weighted by atomic mass is 79.9. The second-order valence-electron chi connectivity index (χ2n) is 4.84. The fourth-order valence-electron chi connectivity index (χ4n) is 2.12. The largest absolute Gasteiger partial charge is 0.0887 e. The fourth-order valence-corrected chi connectivity index (χ4v) is 2.82. The van der Waals surface area contributed by atoms with Crippen LogP contribution in [0.3, 0.4) is 0 Å². The van der Waals surface area contributed by atoms with E-state index >= 15 is 0 Å². The van der Waals surface area contributed by atoms with E-state index in [1.54, 1.807) is 0 Å². The molecule has 0 aliphatic heterocycles. The molecule has 0 saturated carbocycles. The van der Waals surface area contributed by atoms with Crippen LogP contribution >= 0.6 is 15.9 Å². The van der Waals surface area contributed by atoms with Crippen LogP contribution in [0.25, 0.3) is 0 Å². The topological polar surface area (TPSA) is 0 Å². The monoisotopic (exact) mass is 296 g/mol. The molecule has 0 radical (unpaired) electrons. The van der Waals surface area contributed by atoms with Crippen LogP contribution in [0, 0.1) is 0 Å². The van der Waals surface area contributed by atoms with E-state index in [0.717, 1.165) is 6.42 Å². The molecule has 1 heteroatoms. The minimum atomic E-state index is 0.649. The van der Waals surface area contributed by atoms with Crippen LogP contribution in [0.15, 0.2) is 30.3 Å². The maximum absolute atomic E-state index is 3.80. The lowest BCUT2D eigenvalue weighted by Gasteiger charge is -2.09. The molecule has 96 valence electrons. The van der Waals surface area contributed by atoms with E-state index in [1.165, 1.54) is 50.5 Å². The van der Waals surface area contributed by atoms with E-state index in [0.29, 0.717) is 4.83 Å². The van der Waals surface area contributed by atoms with Gasteiger partial charge in [-0.2, -0.15) is 0 Å². The molecule has 0 aliphatic carbocycles. The summed E-state index contributed by atoms with van der Waals surface area (Å²) >= 11 is 3.80. The summed E-state index contributed by atoms with van der Waals surface area (Å²) < 4.78 is 0. The third kappa shape index (κ3) is 7.59. The zero-order valence-corrected chi connectivity index (χ0v) is 12.6. The van der Waals surface area contributed by atoms with Crippen LogP contribution in [0.5, 0.6) is 0 Å². The third-order valence-corrected chi connectivity index (χ3v) is 3.95. The lowest BCUT2D eigenvalue weighted by Crippen LogP contribution is -2.02. The van der Waals surface area contributed by atoms with Crippen molar-refractivity contribution in [3.8, 4) is 0 Å². The molecule has 0 spiro atoms. The smallest absolute Gasteiger partial charge is 0.0186 e. The Morgan fingerprint density at radius 2 is 1.59 bits per heavy atom. The van der Waals surface area contributed by atoms with Crippen molar-refractivity contribution < 1.29 is 0 Å². The Bertz CT molecular complexity index is 268. The van der Waals surface area contributed by atoms with Gasteiger partial charge in [0.15, 0.2) is 0 Å². The van der Waals surface area contributed by atoms with Crippen molar-refractivity contribution in [2.75, 3.05) is 0 Å². The maximum Gasteiger partial charge on any atom is 0.0186 e. The molecule has 0 aromatic heterocycles. The highest BCUT2D eigenvalue weighted by molar-refractivity contribution is 9.09. The number of hydrogen-bond donors (Lipinski definition) is 0. The van der Waals surface area contributed by atoms with Gasteiger partial charge >= 0.3 is 0 Å². The Balaban J connectivity index is 2.03. The van der Waals surface area contributed by atoms with Crippen LogP contribution in [-0.2, 0) is 6.42 Å². The first-order valence-electron chi connectivity index (χ1n) is 7.01. The zero-order chi connectivity index (χ0) is 12.3. The first-order chi connectivity index (χ1) is 8.33. The fraction of sp³-hybridized carbons (Fsp3) is 0.625. The predicted octanol–water partition coefficient (Wildman–Crippen LogP) is 5.74. The van der Waals surface area contributed by atoms with Gasteiger partial charge in [-0.25, -0.2) is 0 Å². The van der Waals surface area contributed by atoms with Crippen molar-refractivity contribution in [2.45, 2.75) is 63.1 Å². The molecule has 1 unspecified atom stereocenters. The summed E-state index contributed by atoms with van der Waals surface area (Å²) in [5.41, 5.74) is 1.44. The van der Waals surface area contributed by atoms with E-state index in [9.17, 15) is 0 Å². The molecule has 1 atom stereocenters. The number of benzene rings is 1. The maximum atomic E-state index is 3.80. The number of halogens is 1. The molecule has 0 saturated heterocycles. The zero-order valence-electron chi connectivity index (χ0n) is 11.0. The van der Waals surface area contributed by atoms with E-state index in [1.807, 2.05) is 0 Å². The molecule has 0 aliphatic rings. The number of alkyl halides is 1. The van der Waals surface area contributed by atoms with Crippen LogP contribution in [0.1, 0.15) is 57.4 Å². The van der Waals surface area contributed by atoms with Crippen molar-refractivity contribution in [2.24, 2.45) is 0 Å². The number of rotatable bonds is 9. The minimum absolute atomic E-state index is 0.649. The van der Waals surface area contributed by atoms with Crippen molar-refractivity contribution in [3.05, 3.63) is 35.9 Å². The van der Waals surface area contributed by atoms with Gasteiger partial charge in [-0.1, -0.05) is 91.7 Å². The van der Waals surface area contributed by atoms with Crippen LogP contribution < -0.4 is 0 Å². The van der Waals surface area contributed by atoms with Crippen molar-refractivity contribution >= 4 is 15.9 Å². The summed E-state index contributed by atoms with van der Waals surface area (Å²) in [7, 11) is 0. The Labute approximate surface area is 115 Å². The Morgan fingerprint density at radius 1 is 0.941 bits per heavy atom. The van der Waals surface area contributed by atoms with Gasteiger partial charge in [-0.05, 0) is 18.4 Å². The van der Waals surface area contributed by atoms with Gasteiger partial charge in [0, 0.05) is 4.83 Å². The summed E-state index contributed by atoms with van der Waals surface area (Å²) in [5.74, 6) is 0. The second-order valence-corrected chi connectivity index (χ2v) is 6.14. The second kappa shape index (κ2) is 9.70. The molecule has 1 aromatic carbocycles. The molecule has 0 nitrogen and oxygen atoms in total. The molecule has 0 N–H and O–H groups in total. The van der Waals surface area contributed by atoms with Gasteiger partial charge in [0.05, 0.1) is 0 Å². The molecule has 1 rings (SSSR count). The van der Waals surface area contributed by atoms with Gasteiger partial charge in [0.1, 0.15) is 0 Å². The third-order valence-electron chi connectivity index (χ3n) is 3.17. The van der Waals surface area contributed by atoms with Crippen LogP contribution in [0.4, 0.5) is 0 Å². The Morgan fingerprint density at radius 3 is 2.29 bits per heavy atom. The number of hydrogen-bond acceptors (Lipinski definition) is 0. The van der Waals surface area contributed by atoms with E-state index in [2.05, 4.69) is 53.2 Å². The molecule has 0 bridgehead atoms. The van der Waals surface area contributed by atoms with E-state index in [-0.39, 0.29) is 0 Å². The lowest BCUT2D eigenvalue weighted by molar-refractivity contribution is 0.583. The van der Waals surface area contributed by atoms with E-state index in [4.69, 9.17) is 0 Å². The summed E-state index contributed by atoms with van der Waals surface area (Å²) in [4.78, 5) is 0.649. The molecule has 1 aromatic rings. The quantitative estimate of drug-likeness (QED) is 0.402. The highest BCUT2D eigenvalue weighted by Crippen LogP contribution is 2.17. The van der Waals surface area contributed by atoms with Gasteiger partial charge in [0.2, 0.25) is 0 Å². The van der Waals surface area contributed by atoms with E-state index < -0.39 is 0 Å². The molecule has 17 heavy (non-hydrogen) atoms. The van der Waals surface area contributed by atoms with Crippen molar-refractivity contribution in [1.29, 1.82) is 0 Å². The van der Waals surface area contributed by atoms with Crippen LogP contribution in [0.2, 0.25) is 0 Å². The van der Waals surface area contributed by atoms with Gasteiger partial charge in [-0.15, -0.1) is 0 Å². The molecule has 0 amide bonds. The van der Waals surface area contributed by atoms with Crippen molar-refractivity contribution in [3.63, 3.8) is 0 Å². The van der Waals surface area contributed by atoms with Crippen LogP contribution in [-0.4, -0.2) is 4.83 Å². The van der Waals surface area contributed by atoms with Gasteiger partial charge < -0.3 is 0 Å².